The van der Waals surface area contributed by atoms with Crippen LogP contribution >= 0.6 is 11.8 Å². The van der Waals surface area contributed by atoms with Crippen molar-refractivity contribution in [1.29, 1.82) is 0 Å². The molecule has 0 saturated carbocycles. The number of hydrogen-bond acceptors (Lipinski definition) is 4. The summed E-state index contributed by atoms with van der Waals surface area (Å²) >= 11 is 0.986. The van der Waals surface area contributed by atoms with Crippen LogP contribution < -0.4 is 4.72 Å². The molecule has 2 radical (unpaired) electrons. The lowest BCUT2D eigenvalue weighted by atomic mass is 9.99. The van der Waals surface area contributed by atoms with Gasteiger partial charge in [0.15, 0.2) is 7.12 Å². The molecule has 140 valence electrons. The van der Waals surface area contributed by atoms with Crippen LogP contribution in [0.15, 0.2) is 48.7 Å². The number of nitrogens with zero attached hydrogens (tertiary/aromatic N) is 2. The van der Waals surface area contributed by atoms with Gasteiger partial charge < -0.3 is 0 Å². The van der Waals surface area contributed by atoms with E-state index in [1.165, 1.54) is 0 Å². The summed E-state index contributed by atoms with van der Waals surface area (Å²) < 4.78 is 17.4. The highest BCUT2D eigenvalue weighted by atomic mass is 32.2. The Hall–Kier alpha value is -2.12. The van der Waals surface area contributed by atoms with E-state index in [2.05, 4.69) is 19.9 Å². The van der Waals surface area contributed by atoms with Crippen LogP contribution in [0.5, 0.6) is 0 Å². The Morgan fingerprint density at radius 3 is 2.52 bits per heavy atom. The SMILES string of the molecule is CC.[B]SNC(c1cccc(-c2ccn[nH]2)c1)c1ccc(C(C)C)c(F)n1. The molecule has 2 heterocycles. The number of benzene rings is 1. The number of H-pyrrole nitrogens is 1. The average molecular weight is 382 g/mol. The van der Waals surface area contributed by atoms with E-state index in [0.29, 0.717) is 11.3 Å². The molecule has 1 atom stereocenters. The van der Waals surface area contributed by atoms with Crippen molar-refractivity contribution in [1.82, 2.24) is 19.9 Å². The zero-order valence-corrected chi connectivity index (χ0v) is 16.8. The monoisotopic (exact) mass is 382 g/mol. The second-order valence-corrected chi connectivity index (χ2v) is 6.51. The van der Waals surface area contributed by atoms with Crippen LogP contribution in [0, 0.1) is 5.95 Å². The zero-order chi connectivity index (χ0) is 19.8. The summed E-state index contributed by atoms with van der Waals surface area (Å²) in [5.41, 5.74) is 4.03. The summed E-state index contributed by atoms with van der Waals surface area (Å²) in [5, 5.41) is 6.92. The number of aromatic amines is 1. The van der Waals surface area contributed by atoms with Crippen molar-refractivity contribution in [2.75, 3.05) is 0 Å². The molecule has 0 aliphatic rings. The number of aromatic nitrogens is 3. The van der Waals surface area contributed by atoms with Crippen molar-refractivity contribution < 1.29 is 4.39 Å². The fourth-order valence-electron chi connectivity index (χ4n) is 2.72. The molecule has 0 aliphatic heterocycles. The molecule has 0 spiro atoms. The predicted molar refractivity (Wildman–Crippen MR) is 112 cm³/mol. The summed E-state index contributed by atoms with van der Waals surface area (Å²) in [6.07, 6.45) is 1.70. The van der Waals surface area contributed by atoms with Crippen molar-refractivity contribution in [3.8, 4) is 11.3 Å². The number of pyridine rings is 1. The van der Waals surface area contributed by atoms with Crippen molar-refractivity contribution in [2.45, 2.75) is 39.7 Å². The molecule has 3 aromatic rings. The second-order valence-electron chi connectivity index (χ2n) is 6.04. The third kappa shape index (κ3) is 5.20. The highest BCUT2D eigenvalue weighted by Gasteiger charge is 2.18. The number of halogens is 1. The van der Waals surface area contributed by atoms with Gasteiger partial charge in [-0.15, -0.1) is 0 Å². The molecule has 0 aliphatic carbocycles. The zero-order valence-electron chi connectivity index (χ0n) is 16.0. The van der Waals surface area contributed by atoms with Gasteiger partial charge in [-0.05, 0) is 35.2 Å². The van der Waals surface area contributed by atoms with Crippen molar-refractivity contribution in [3.63, 3.8) is 0 Å². The molecular formula is C20H24BFN4S. The molecule has 0 fully saturated rings. The summed E-state index contributed by atoms with van der Waals surface area (Å²) in [6, 6.07) is 13.1. The topological polar surface area (TPSA) is 53.6 Å². The number of hydrogen-bond donors (Lipinski definition) is 2. The molecule has 1 aromatic carbocycles. The molecular weight excluding hydrogens is 358 g/mol. The Kier molecular flexibility index (Phi) is 8.07. The maximum atomic E-state index is 14.3. The lowest BCUT2D eigenvalue weighted by Crippen LogP contribution is -2.18. The fraction of sp³-hybridized carbons (Fsp3) is 0.300. The quantitative estimate of drug-likeness (QED) is 0.351. The Bertz CT molecular complexity index is 840. The van der Waals surface area contributed by atoms with Gasteiger partial charge in [0.1, 0.15) is 0 Å². The van der Waals surface area contributed by atoms with Gasteiger partial charge >= 0.3 is 0 Å². The third-order valence-corrected chi connectivity index (χ3v) is 4.41. The average Bonchev–Trinajstić information content (AvgIpc) is 3.22. The smallest absolute Gasteiger partial charge is 0.216 e. The Balaban J connectivity index is 0.00000126. The fourth-order valence-corrected chi connectivity index (χ4v) is 3.11. The van der Waals surface area contributed by atoms with Gasteiger partial charge in [0, 0.05) is 11.8 Å². The van der Waals surface area contributed by atoms with Gasteiger partial charge in [-0.25, -0.2) is 4.98 Å². The standard InChI is InChI=1S/C18H18BFN4S.C2H6/c1-11(2)14-6-7-16(22-18(14)20)17(24-25-19)13-5-3-4-12(10-13)15-8-9-21-23-15;1-2/h3-11,17,24H,1-2H3,(H,21,23);1-2H3. The molecule has 1 unspecified atom stereocenters. The molecule has 0 saturated heterocycles. The first-order valence-electron chi connectivity index (χ1n) is 8.97. The molecule has 2 N–H and O–H groups in total. The van der Waals surface area contributed by atoms with Gasteiger partial charge in [-0.3, -0.25) is 9.82 Å². The maximum absolute atomic E-state index is 14.3. The summed E-state index contributed by atoms with van der Waals surface area (Å²) in [4.78, 5) is 4.16. The van der Waals surface area contributed by atoms with Crippen LogP contribution in [0.2, 0.25) is 0 Å². The molecule has 4 nitrogen and oxygen atoms in total. The largest absolute Gasteiger partial charge is 0.278 e. The third-order valence-electron chi connectivity index (χ3n) is 4.03. The van der Waals surface area contributed by atoms with Crippen LogP contribution in [0.25, 0.3) is 11.3 Å². The molecule has 3 rings (SSSR count). The Morgan fingerprint density at radius 1 is 1.15 bits per heavy atom. The molecule has 27 heavy (non-hydrogen) atoms. The van der Waals surface area contributed by atoms with E-state index >= 15 is 0 Å². The van der Waals surface area contributed by atoms with E-state index < -0.39 is 5.95 Å². The van der Waals surface area contributed by atoms with Gasteiger partial charge in [-0.2, -0.15) is 21.3 Å². The predicted octanol–water partition coefficient (Wildman–Crippen LogP) is 5.17. The van der Waals surface area contributed by atoms with Crippen molar-refractivity contribution in [3.05, 3.63) is 71.4 Å². The van der Waals surface area contributed by atoms with Gasteiger partial charge in [0.05, 0.1) is 17.4 Å². The van der Waals surface area contributed by atoms with Gasteiger partial charge in [0.2, 0.25) is 5.95 Å². The van der Waals surface area contributed by atoms with E-state index in [-0.39, 0.29) is 12.0 Å². The van der Waals surface area contributed by atoms with E-state index in [0.717, 1.165) is 28.6 Å². The minimum atomic E-state index is -0.439. The minimum absolute atomic E-state index is 0.0838. The Labute approximate surface area is 165 Å². The van der Waals surface area contributed by atoms with Crippen LogP contribution in [-0.2, 0) is 0 Å². The molecule has 2 aromatic heterocycles. The number of nitrogens with one attached hydrogen (secondary N) is 2. The first kappa shape index (κ1) is 21.2. The summed E-state index contributed by atoms with van der Waals surface area (Å²) in [6.45, 7) is 7.89. The van der Waals surface area contributed by atoms with Crippen molar-refractivity contribution >= 4 is 18.9 Å². The first-order chi connectivity index (χ1) is 13.1. The van der Waals surface area contributed by atoms with Gasteiger partial charge in [0.25, 0.3) is 0 Å². The summed E-state index contributed by atoms with van der Waals surface area (Å²) in [7, 11) is 5.62. The second kappa shape index (κ2) is 10.3. The highest BCUT2D eigenvalue weighted by Crippen LogP contribution is 2.28. The lowest BCUT2D eigenvalue weighted by Gasteiger charge is -2.19. The van der Waals surface area contributed by atoms with Crippen LogP contribution in [-0.4, -0.2) is 22.3 Å². The lowest BCUT2D eigenvalue weighted by molar-refractivity contribution is 0.544. The number of rotatable bonds is 6. The van der Waals surface area contributed by atoms with Crippen LogP contribution in [0.3, 0.4) is 0 Å². The highest BCUT2D eigenvalue weighted by molar-refractivity contribution is 8.18. The van der Waals surface area contributed by atoms with E-state index in [4.69, 9.17) is 7.12 Å². The summed E-state index contributed by atoms with van der Waals surface area (Å²) in [5.74, 6) is -0.355. The molecule has 7 heteroatoms. The Morgan fingerprint density at radius 2 is 1.93 bits per heavy atom. The van der Waals surface area contributed by atoms with Crippen LogP contribution in [0.4, 0.5) is 4.39 Å². The minimum Gasteiger partial charge on any atom is -0.278 e. The van der Waals surface area contributed by atoms with E-state index in [9.17, 15) is 4.39 Å². The van der Waals surface area contributed by atoms with E-state index in [1.54, 1.807) is 12.3 Å². The first-order valence-corrected chi connectivity index (χ1v) is 9.85. The van der Waals surface area contributed by atoms with Crippen LogP contribution in [0.1, 0.15) is 56.5 Å². The normalized spacial score (nSPS) is 11.8. The van der Waals surface area contributed by atoms with Gasteiger partial charge in [-0.1, -0.05) is 52.0 Å². The molecule has 0 amide bonds. The van der Waals surface area contributed by atoms with E-state index in [1.807, 2.05) is 64.1 Å². The molecule has 0 bridgehead atoms. The maximum Gasteiger partial charge on any atom is 0.216 e. The van der Waals surface area contributed by atoms with Crippen molar-refractivity contribution in [2.24, 2.45) is 0 Å².